The SMILES string of the molecule is COc1nc(C2=C(C3=CN(c4nc5c(s4)C(=O)CC(C)(C)C5)C=CO3)CCC=C2)cs1. The number of fused-ring (bicyclic) bond motifs is 1. The predicted octanol–water partition coefficient (Wildman–Crippen LogP) is 5.72. The van der Waals surface area contributed by atoms with Crippen molar-refractivity contribution in [3.05, 3.63) is 63.8 Å². The third kappa shape index (κ3) is 3.85. The normalized spacial score (nSPS) is 19.9. The molecule has 3 aliphatic rings. The van der Waals surface area contributed by atoms with Gasteiger partial charge < -0.3 is 9.47 Å². The number of thiazole rings is 2. The first-order chi connectivity index (χ1) is 14.9. The molecule has 0 N–H and O–H groups in total. The topological polar surface area (TPSA) is 64.5 Å². The molecule has 2 aromatic heterocycles. The summed E-state index contributed by atoms with van der Waals surface area (Å²) in [6, 6.07) is 0. The number of aromatic nitrogens is 2. The fourth-order valence-corrected chi connectivity index (χ4v) is 5.71. The average molecular weight is 454 g/mol. The molecule has 0 unspecified atom stereocenters. The van der Waals surface area contributed by atoms with Gasteiger partial charge in [0.2, 0.25) is 0 Å². The number of hydrogen-bond acceptors (Lipinski definition) is 8. The zero-order valence-electron chi connectivity index (χ0n) is 17.7. The lowest BCUT2D eigenvalue weighted by molar-refractivity contribution is 0.0916. The van der Waals surface area contributed by atoms with Gasteiger partial charge in [0.15, 0.2) is 10.9 Å². The number of ether oxygens (including phenoxy) is 2. The molecule has 0 bridgehead atoms. The van der Waals surface area contributed by atoms with Gasteiger partial charge in [-0.3, -0.25) is 9.69 Å². The first-order valence-corrected chi connectivity index (χ1v) is 11.9. The highest BCUT2D eigenvalue weighted by Crippen LogP contribution is 2.41. The van der Waals surface area contributed by atoms with Crippen LogP contribution < -0.4 is 9.64 Å². The number of carbonyl (C=O) groups is 1. The molecule has 6 nitrogen and oxygen atoms in total. The van der Waals surface area contributed by atoms with Gasteiger partial charge in [0.1, 0.15) is 12.0 Å². The van der Waals surface area contributed by atoms with E-state index >= 15 is 0 Å². The summed E-state index contributed by atoms with van der Waals surface area (Å²) < 4.78 is 11.2. The number of anilines is 1. The molecule has 0 saturated heterocycles. The minimum Gasteiger partial charge on any atom is -0.473 e. The molecule has 0 amide bonds. The van der Waals surface area contributed by atoms with Crippen LogP contribution in [-0.4, -0.2) is 22.9 Å². The van der Waals surface area contributed by atoms with Crippen molar-refractivity contribution in [1.29, 1.82) is 0 Å². The summed E-state index contributed by atoms with van der Waals surface area (Å²) in [5.74, 6) is 0.963. The van der Waals surface area contributed by atoms with E-state index in [1.165, 1.54) is 22.7 Å². The van der Waals surface area contributed by atoms with Crippen LogP contribution in [0.5, 0.6) is 5.19 Å². The lowest BCUT2D eigenvalue weighted by Gasteiger charge is -2.26. The molecule has 0 aromatic carbocycles. The van der Waals surface area contributed by atoms with E-state index in [0.29, 0.717) is 11.6 Å². The van der Waals surface area contributed by atoms with Crippen molar-refractivity contribution in [1.82, 2.24) is 9.97 Å². The first kappa shape index (κ1) is 20.2. The quantitative estimate of drug-likeness (QED) is 0.590. The molecule has 0 saturated carbocycles. The smallest absolute Gasteiger partial charge is 0.273 e. The van der Waals surface area contributed by atoms with Crippen LogP contribution in [0.15, 0.2) is 47.5 Å². The number of carbonyl (C=O) groups excluding carboxylic acids is 1. The second-order valence-electron chi connectivity index (χ2n) is 8.55. The van der Waals surface area contributed by atoms with E-state index in [0.717, 1.165) is 57.6 Å². The summed E-state index contributed by atoms with van der Waals surface area (Å²) in [7, 11) is 1.63. The van der Waals surface area contributed by atoms with Gasteiger partial charge in [0.25, 0.3) is 5.19 Å². The second-order valence-corrected chi connectivity index (χ2v) is 10.4. The number of ketones is 1. The molecule has 2 aromatic rings. The molecule has 3 heterocycles. The minimum atomic E-state index is -0.0417. The van der Waals surface area contributed by atoms with Crippen molar-refractivity contribution in [2.45, 2.75) is 39.5 Å². The zero-order chi connectivity index (χ0) is 21.6. The summed E-state index contributed by atoms with van der Waals surface area (Å²) in [5.41, 5.74) is 3.90. The number of nitrogens with zero attached hydrogens (tertiary/aromatic N) is 3. The zero-order valence-corrected chi connectivity index (χ0v) is 19.3. The molecule has 0 fully saturated rings. The van der Waals surface area contributed by atoms with Crippen LogP contribution in [0.2, 0.25) is 0 Å². The summed E-state index contributed by atoms with van der Waals surface area (Å²) in [6.45, 7) is 4.25. The molecular formula is C23H23N3O3S2. The van der Waals surface area contributed by atoms with E-state index in [-0.39, 0.29) is 11.2 Å². The van der Waals surface area contributed by atoms with Gasteiger partial charge in [-0.05, 0) is 24.7 Å². The van der Waals surface area contributed by atoms with Crippen molar-refractivity contribution >= 4 is 39.2 Å². The second kappa shape index (κ2) is 7.76. The molecule has 160 valence electrons. The van der Waals surface area contributed by atoms with Crippen molar-refractivity contribution in [3.8, 4) is 5.19 Å². The van der Waals surface area contributed by atoms with Crippen LogP contribution in [0.3, 0.4) is 0 Å². The van der Waals surface area contributed by atoms with Crippen LogP contribution in [-0.2, 0) is 11.2 Å². The summed E-state index contributed by atoms with van der Waals surface area (Å²) in [4.78, 5) is 24.7. The maximum absolute atomic E-state index is 12.6. The van der Waals surface area contributed by atoms with Gasteiger partial charge in [-0.1, -0.05) is 48.7 Å². The fraction of sp³-hybridized carbons (Fsp3) is 0.348. The van der Waals surface area contributed by atoms with Crippen LogP contribution >= 0.6 is 22.7 Å². The molecular weight excluding hydrogens is 430 g/mol. The Morgan fingerprint density at radius 3 is 2.94 bits per heavy atom. The van der Waals surface area contributed by atoms with Crippen molar-refractivity contribution in [3.63, 3.8) is 0 Å². The summed E-state index contributed by atoms with van der Waals surface area (Å²) in [6.07, 6.45) is 12.9. The van der Waals surface area contributed by atoms with Crippen molar-refractivity contribution in [2.24, 2.45) is 5.41 Å². The van der Waals surface area contributed by atoms with E-state index < -0.39 is 0 Å². The first-order valence-electron chi connectivity index (χ1n) is 10.2. The Bertz CT molecular complexity index is 1170. The summed E-state index contributed by atoms with van der Waals surface area (Å²) >= 11 is 2.94. The third-order valence-corrected chi connectivity index (χ3v) is 7.47. The van der Waals surface area contributed by atoms with Crippen LogP contribution in [0.25, 0.3) is 5.57 Å². The Hall–Kier alpha value is -2.71. The maximum atomic E-state index is 12.6. The minimum absolute atomic E-state index is 0.0417. The van der Waals surface area contributed by atoms with Gasteiger partial charge in [-0.2, -0.15) is 0 Å². The Balaban J connectivity index is 1.50. The molecule has 1 aliphatic heterocycles. The van der Waals surface area contributed by atoms with Gasteiger partial charge in [0, 0.05) is 29.1 Å². The van der Waals surface area contributed by atoms with E-state index in [9.17, 15) is 4.79 Å². The van der Waals surface area contributed by atoms with E-state index in [4.69, 9.17) is 14.5 Å². The van der Waals surface area contributed by atoms with Gasteiger partial charge >= 0.3 is 0 Å². The van der Waals surface area contributed by atoms with Crippen LogP contribution in [0.4, 0.5) is 5.13 Å². The highest BCUT2D eigenvalue weighted by Gasteiger charge is 2.34. The number of methoxy groups -OCH3 is 1. The molecule has 8 heteroatoms. The van der Waals surface area contributed by atoms with Gasteiger partial charge in [-0.15, -0.1) is 0 Å². The lowest BCUT2D eigenvalue weighted by atomic mass is 9.78. The van der Waals surface area contributed by atoms with Crippen molar-refractivity contribution in [2.75, 3.05) is 12.0 Å². The lowest BCUT2D eigenvalue weighted by Crippen LogP contribution is -2.26. The average Bonchev–Trinajstić information content (AvgIpc) is 3.40. The number of hydrogen-bond donors (Lipinski definition) is 0. The molecule has 31 heavy (non-hydrogen) atoms. The highest BCUT2D eigenvalue weighted by atomic mass is 32.1. The fourth-order valence-electron chi connectivity index (χ4n) is 4.09. The maximum Gasteiger partial charge on any atom is 0.273 e. The predicted molar refractivity (Wildman–Crippen MR) is 123 cm³/mol. The highest BCUT2D eigenvalue weighted by molar-refractivity contribution is 7.17. The standard InChI is InChI=1S/C23H23N3O3S2/c1-23(2)10-16-20(18(27)11-23)31-21(24-16)26-8-9-29-19(12-26)15-7-5-4-6-14(15)17-13-30-22(25-17)28-3/h4,6,8-9,12-13H,5,7,10-11H2,1-3H3. The molecule has 2 aliphatic carbocycles. The third-order valence-electron chi connectivity index (χ3n) is 5.52. The van der Waals surface area contributed by atoms with Crippen molar-refractivity contribution < 1.29 is 14.3 Å². The number of Topliss-reactive ketones (excluding diaryl/α,β-unsaturated/α-hetero) is 1. The van der Waals surface area contributed by atoms with Gasteiger partial charge in [-0.25, -0.2) is 9.97 Å². The van der Waals surface area contributed by atoms with Crippen LogP contribution in [0.1, 0.15) is 54.2 Å². The van der Waals surface area contributed by atoms with E-state index in [1.807, 2.05) is 22.7 Å². The van der Waals surface area contributed by atoms with Crippen LogP contribution in [0, 0.1) is 5.41 Å². The monoisotopic (exact) mass is 453 g/mol. The Morgan fingerprint density at radius 2 is 2.13 bits per heavy atom. The largest absolute Gasteiger partial charge is 0.473 e. The molecule has 0 atom stereocenters. The number of allylic oxidation sites excluding steroid dienone is 4. The summed E-state index contributed by atoms with van der Waals surface area (Å²) in [5, 5.41) is 3.43. The molecule has 0 spiro atoms. The Morgan fingerprint density at radius 1 is 1.26 bits per heavy atom. The van der Waals surface area contributed by atoms with Gasteiger partial charge in [0.05, 0.1) is 29.6 Å². The van der Waals surface area contributed by atoms with E-state index in [2.05, 4.69) is 31.0 Å². The Kier molecular flexibility index (Phi) is 5.06. The van der Waals surface area contributed by atoms with E-state index in [1.54, 1.807) is 13.4 Å². The molecule has 0 radical (unpaired) electrons. The number of rotatable bonds is 4. The molecule has 5 rings (SSSR count). The Labute approximate surface area is 189 Å².